The van der Waals surface area contributed by atoms with Crippen LogP contribution < -0.4 is 5.32 Å². The molecule has 0 spiro atoms. The van der Waals surface area contributed by atoms with Crippen LogP contribution in [0.4, 0.5) is 5.82 Å². The van der Waals surface area contributed by atoms with Crippen LogP contribution >= 0.6 is 15.9 Å². The summed E-state index contributed by atoms with van der Waals surface area (Å²) < 4.78 is 6.15. The Morgan fingerprint density at radius 1 is 1.53 bits per heavy atom. The molecule has 2 rings (SSSR count). The molecule has 1 aromatic rings. The van der Waals surface area contributed by atoms with Gasteiger partial charge in [-0.15, -0.1) is 0 Å². The second-order valence-electron chi connectivity index (χ2n) is 4.59. The highest BCUT2D eigenvalue weighted by Crippen LogP contribution is 2.24. The van der Waals surface area contributed by atoms with E-state index in [0.29, 0.717) is 32.1 Å². The molecule has 0 radical (unpaired) electrons. The van der Waals surface area contributed by atoms with Gasteiger partial charge in [0.1, 0.15) is 11.9 Å². The van der Waals surface area contributed by atoms with Crippen LogP contribution in [0.15, 0.2) is 16.7 Å². The molecule has 1 fully saturated rings. The second kappa shape index (κ2) is 6.34. The fourth-order valence-electron chi connectivity index (χ4n) is 1.97. The van der Waals surface area contributed by atoms with Gasteiger partial charge in [-0.25, -0.2) is 4.98 Å². The first-order chi connectivity index (χ1) is 9.09. The maximum Gasteiger partial charge on any atom is 0.244 e. The molecule has 2 heterocycles. The number of pyridine rings is 1. The number of morpholine rings is 1. The highest BCUT2D eigenvalue weighted by Gasteiger charge is 2.23. The first-order valence-electron chi connectivity index (χ1n) is 6.34. The van der Waals surface area contributed by atoms with Crippen molar-refractivity contribution in [1.29, 1.82) is 0 Å². The Morgan fingerprint density at radius 2 is 2.21 bits per heavy atom. The molecular weight excluding hydrogens is 310 g/mol. The summed E-state index contributed by atoms with van der Waals surface area (Å²) in [6.07, 6.45) is 1.73. The lowest BCUT2D eigenvalue weighted by Crippen LogP contribution is -2.47. The Morgan fingerprint density at radius 3 is 2.89 bits per heavy atom. The number of carbonyl (C=O) groups excluding carboxylic acids is 1. The third-order valence-corrected chi connectivity index (χ3v) is 4.13. The number of aromatic nitrogens is 1. The standard InChI is InChI=1S/C13H18BrN3O2/c1-9-3-4-15-12(11(9)14)16-10(2)13(18)17-5-7-19-8-6-17/h3-4,10H,5-8H2,1-2H3,(H,15,16). The van der Waals surface area contributed by atoms with Crippen molar-refractivity contribution in [2.45, 2.75) is 19.9 Å². The lowest BCUT2D eigenvalue weighted by Gasteiger charge is -2.29. The zero-order valence-corrected chi connectivity index (χ0v) is 12.7. The molecule has 1 saturated heterocycles. The predicted octanol–water partition coefficient (Wildman–Crippen LogP) is 1.81. The summed E-state index contributed by atoms with van der Waals surface area (Å²) in [6, 6.07) is 1.62. The number of aryl methyl sites for hydroxylation is 1. The van der Waals surface area contributed by atoms with Gasteiger partial charge in [0.05, 0.1) is 17.7 Å². The molecule has 6 heteroatoms. The molecule has 0 aromatic carbocycles. The number of nitrogens with one attached hydrogen (secondary N) is 1. The summed E-state index contributed by atoms with van der Waals surface area (Å²) in [5.41, 5.74) is 1.09. The summed E-state index contributed by atoms with van der Waals surface area (Å²) in [7, 11) is 0. The maximum absolute atomic E-state index is 12.3. The first kappa shape index (κ1) is 14.3. The molecule has 1 unspecified atom stereocenters. The van der Waals surface area contributed by atoms with Crippen LogP contribution in [0, 0.1) is 6.92 Å². The topological polar surface area (TPSA) is 54.5 Å². The van der Waals surface area contributed by atoms with Crippen molar-refractivity contribution in [3.05, 3.63) is 22.3 Å². The van der Waals surface area contributed by atoms with Crippen LogP contribution in [0.3, 0.4) is 0 Å². The number of nitrogens with zero attached hydrogens (tertiary/aromatic N) is 2. The van der Waals surface area contributed by atoms with Gasteiger partial charge < -0.3 is 15.0 Å². The SMILES string of the molecule is Cc1ccnc(NC(C)C(=O)N2CCOCC2)c1Br. The quantitative estimate of drug-likeness (QED) is 0.920. The van der Waals surface area contributed by atoms with Gasteiger partial charge in [-0.05, 0) is 41.4 Å². The smallest absolute Gasteiger partial charge is 0.244 e. The van der Waals surface area contributed by atoms with E-state index in [9.17, 15) is 4.79 Å². The first-order valence-corrected chi connectivity index (χ1v) is 7.13. The number of hydrogen-bond acceptors (Lipinski definition) is 4. The molecule has 0 saturated carbocycles. The molecule has 1 aromatic heterocycles. The number of halogens is 1. The van der Waals surface area contributed by atoms with Gasteiger partial charge in [0.25, 0.3) is 0 Å². The van der Waals surface area contributed by atoms with Crippen molar-refractivity contribution in [2.24, 2.45) is 0 Å². The van der Waals surface area contributed by atoms with Crippen molar-refractivity contribution in [1.82, 2.24) is 9.88 Å². The van der Waals surface area contributed by atoms with Gasteiger partial charge in [0.15, 0.2) is 0 Å². The molecular formula is C13H18BrN3O2. The van der Waals surface area contributed by atoms with Crippen LogP contribution in [0.5, 0.6) is 0 Å². The monoisotopic (exact) mass is 327 g/mol. The average molecular weight is 328 g/mol. The summed E-state index contributed by atoms with van der Waals surface area (Å²) in [6.45, 7) is 6.40. The zero-order chi connectivity index (χ0) is 13.8. The van der Waals surface area contributed by atoms with E-state index in [1.165, 1.54) is 0 Å². The molecule has 0 aliphatic carbocycles. The van der Waals surface area contributed by atoms with Gasteiger partial charge >= 0.3 is 0 Å². The minimum Gasteiger partial charge on any atom is -0.378 e. The number of rotatable bonds is 3. The van der Waals surface area contributed by atoms with E-state index >= 15 is 0 Å². The fourth-order valence-corrected chi connectivity index (χ4v) is 2.31. The maximum atomic E-state index is 12.3. The molecule has 5 nitrogen and oxygen atoms in total. The summed E-state index contributed by atoms with van der Waals surface area (Å²) in [4.78, 5) is 18.3. The highest BCUT2D eigenvalue weighted by molar-refractivity contribution is 9.10. The van der Waals surface area contributed by atoms with Gasteiger partial charge in [-0.1, -0.05) is 0 Å². The van der Waals surface area contributed by atoms with E-state index in [-0.39, 0.29) is 11.9 Å². The summed E-state index contributed by atoms with van der Waals surface area (Å²) in [5.74, 6) is 0.785. The van der Waals surface area contributed by atoms with Crippen molar-refractivity contribution in [3.63, 3.8) is 0 Å². The van der Waals surface area contributed by atoms with Crippen molar-refractivity contribution < 1.29 is 9.53 Å². The second-order valence-corrected chi connectivity index (χ2v) is 5.39. The molecule has 1 amide bonds. The van der Waals surface area contributed by atoms with E-state index in [1.807, 2.05) is 24.8 Å². The van der Waals surface area contributed by atoms with Crippen LogP contribution in [0.2, 0.25) is 0 Å². The van der Waals surface area contributed by atoms with Gasteiger partial charge in [-0.3, -0.25) is 4.79 Å². The Labute approximate surface area is 121 Å². The van der Waals surface area contributed by atoms with Crippen LogP contribution in [-0.4, -0.2) is 48.1 Å². The Kier molecular flexibility index (Phi) is 4.76. The van der Waals surface area contributed by atoms with E-state index in [1.54, 1.807) is 6.20 Å². The summed E-state index contributed by atoms with van der Waals surface area (Å²) in [5, 5.41) is 3.16. The zero-order valence-electron chi connectivity index (χ0n) is 11.1. The van der Waals surface area contributed by atoms with Crippen molar-refractivity contribution >= 4 is 27.7 Å². The number of amides is 1. The minimum atomic E-state index is -0.302. The molecule has 0 bridgehead atoms. The van der Waals surface area contributed by atoms with Crippen LogP contribution in [0.25, 0.3) is 0 Å². The lowest BCUT2D eigenvalue weighted by molar-refractivity contribution is -0.135. The van der Waals surface area contributed by atoms with Gasteiger partial charge in [0.2, 0.25) is 5.91 Å². The van der Waals surface area contributed by atoms with Crippen LogP contribution in [-0.2, 0) is 9.53 Å². The number of carbonyl (C=O) groups is 1. The van der Waals surface area contributed by atoms with Crippen molar-refractivity contribution in [3.8, 4) is 0 Å². The molecule has 1 N–H and O–H groups in total. The van der Waals surface area contributed by atoms with E-state index in [0.717, 1.165) is 10.0 Å². The molecule has 19 heavy (non-hydrogen) atoms. The third-order valence-electron chi connectivity index (χ3n) is 3.13. The number of hydrogen-bond donors (Lipinski definition) is 1. The van der Waals surface area contributed by atoms with E-state index < -0.39 is 0 Å². The number of anilines is 1. The van der Waals surface area contributed by atoms with E-state index in [4.69, 9.17) is 4.74 Å². The largest absolute Gasteiger partial charge is 0.378 e. The van der Waals surface area contributed by atoms with Crippen LogP contribution in [0.1, 0.15) is 12.5 Å². The van der Waals surface area contributed by atoms with Gasteiger partial charge in [0, 0.05) is 19.3 Å². The normalized spacial score (nSPS) is 17.1. The highest BCUT2D eigenvalue weighted by atomic mass is 79.9. The third kappa shape index (κ3) is 3.45. The molecule has 104 valence electrons. The van der Waals surface area contributed by atoms with Gasteiger partial charge in [-0.2, -0.15) is 0 Å². The Balaban J connectivity index is 2.01. The molecule has 1 aliphatic rings. The lowest BCUT2D eigenvalue weighted by atomic mass is 10.2. The van der Waals surface area contributed by atoms with Crippen molar-refractivity contribution in [2.75, 3.05) is 31.6 Å². The Hall–Kier alpha value is -1.14. The Bertz CT molecular complexity index is 461. The molecule has 1 aliphatic heterocycles. The van der Waals surface area contributed by atoms with E-state index in [2.05, 4.69) is 26.2 Å². The summed E-state index contributed by atoms with van der Waals surface area (Å²) >= 11 is 3.48. The predicted molar refractivity (Wildman–Crippen MR) is 77.2 cm³/mol. The number of ether oxygens (including phenoxy) is 1. The fraction of sp³-hybridized carbons (Fsp3) is 0.538. The average Bonchev–Trinajstić information content (AvgIpc) is 2.44. The molecule has 1 atom stereocenters. The minimum absolute atomic E-state index is 0.0820.